The lowest BCUT2D eigenvalue weighted by molar-refractivity contribution is -0.144. The van der Waals surface area contributed by atoms with Gasteiger partial charge >= 0.3 is 12.1 Å². The quantitative estimate of drug-likeness (QED) is 0.264. The van der Waals surface area contributed by atoms with Gasteiger partial charge in [0.25, 0.3) is 0 Å². The number of carboxylic acid groups (broad SMARTS) is 1. The highest BCUT2D eigenvalue weighted by molar-refractivity contribution is 7.98. The second-order valence-corrected chi connectivity index (χ2v) is 14.2. The van der Waals surface area contributed by atoms with Crippen molar-refractivity contribution in [2.24, 2.45) is 0 Å². The van der Waals surface area contributed by atoms with E-state index in [0.29, 0.717) is 54.8 Å². The van der Waals surface area contributed by atoms with E-state index in [2.05, 4.69) is 4.90 Å². The Kier molecular flexibility index (Phi) is 10.2. The van der Waals surface area contributed by atoms with Gasteiger partial charge in [0.2, 0.25) is 10.0 Å². The van der Waals surface area contributed by atoms with Crippen molar-refractivity contribution in [1.29, 1.82) is 0 Å². The van der Waals surface area contributed by atoms with E-state index in [1.54, 1.807) is 24.8 Å². The molecule has 2 aromatic carbocycles. The van der Waals surface area contributed by atoms with Gasteiger partial charge in [0, 0.05) is 53.8 Å². The number of benzene rings is 2. The number of thioether (sulfide) groups is 1. The molecule has 0 amide bonds. The molecule has 1 fully saturated rings. The SMILES string of the molecule is CCS(=O)(=O)N1CCN(Cc2nc(-c3ccc(C(F)(F)F)cc3)sc2CSc2ccc(OC(C)C(=O)O)c(C)c2)CC1. The summed E-state index contributed by atoms with van der Waals surface area (Å²) in [5.41, 5.74) is 1.47. The van der Waals surface area contributed by atoms with E-state index in [1.807, 2.05) is 19.1 Å². The minimum atomic E-state index is -4.42. The second-order valence-electron chi connectivity index (χ2n) is 9.85. The van der Waals surface area contributed by atoms with Crippen molar-refractivity contribution < 1.29 is 36.2 Å². The number of alkyl halides is 3. The first kappa shape index (κ1) is 32.3. The number of halogens is 3. The molecule has 0 radical (unpaired) electrons. The number of hydrogen-bond donors (Lipinski definition) is 1. The van der Waals surface area contributed by atoms with E-state index in [9.17, 15) is 26.4 Å². The van der Waals surface area contributed by atoms with Crippen LogP contribution in [0.2, 0.25) is 0 Å². The van der Waals surface area contributed by atoms with Crippen LogP contribution in [0.3, 0.4) is 0 Å². The van der Waals surface area contributed by atoms with Gasteiger partial charge in [-0.05, 0) is 56.7 Å². The average Bonchev–Trinajstić information content (AvgIpc) is 3.35. The number of aliphatic carboxylic acids is 1. The fraction of sp³-hybridized carbons (Fsp3) is 0.429. The average molecular weight is 644 g/mol. The summed E-state index contributed by atoms with van der Waals surface area (Å²) in [6.45, 7) is 7.31. The first-order valence-electron chi connectivity index (χ1n) is 13.3. The molecule has 0 bridgehead atoms. The maximum absolute atomic E-state index is 13.1. The molecule has 228 valence electrons. The summed E-state index contributed by atoms with van der Waals surface area (Å²) in [5, 5.41) is 9.73. The largest absolute Gasteiger partial charge is 0.479 e. The van der Waals surface area contributed by atoms with Gasteiger partial charge in [0.1, 0.15) is 10.8 Å². The maximum atomic E-state index is 13.1. The highest BCUT2D eigenvalue weighted by Crippen LogP contribution is 2.36. The second kappa shape index (κ2) is 13.3. The van der Waals surface area contributed by atoms with Crippen LogP contribution in [0.25, 0.3) is 10.6 Å². The molecule has 1 unspecified atom stereocenters. The van der Waals surface area contributed by atoms with Crippen LogP contribution in [0.5, 0.6) is 5.75 Å². The highest BCUT2D eigenvalue weighted by Gasteiger charge is 2.30. The fourth-order valence-electron chi connectivity index (χ4n) is 4.34. The van der Waals surface area contributed by atoms with Crippen LogP contribution in [0, 0.1) is 6.92 Å². The number of aryl methyl sites for hydroxylation is 1. The number of nitrogens with zero attached hydrogens (tertiary/aromatic N) is 3. The Balaban J connectivity index is 1.53. The molecule has 3 aromatic rings. The molecule has 1 aromatic heterocycles. The van der Waals surface area contributed by atoms with Gasteiger partial charge in [0.15, 0.2) is 6.10 Å². The van der Waals surface area contributed by atoms with Crippen LogP contribution in [0.1, 0.15) is 35.5 Å². The fourth-order valence-corrected chi connectivity index (χ4v) is 7.60. The number of carboxylic acids is 1. The molecular weight excluding hydrogens is 612 g/mol. The summed E-state index contributed by atoms with van der Waals surface area (Å²) in [7, 11) is -3.26. The molecule has 1 saturated heterocycles. The van der Waals surface area contributed by atoms with Crippen molar-refractivity contribution in [3.63, 3.8) is 0 Å². The van der Waals surface area contributed by atoms with Gasteiger partial charge in [-0.25, -0.2) is 18.2 Å². The van der Waals surface area contributed by atoms with E-state index in [1.165, 1.54) is 34.7 Å². The van der Waals surface area contributed by atoms with Crippen LogP contribution in [-0.2, 0) is 33.3 Å². The summed E-state index contributed by atoms with van der Waals surface area (Å²) in [4.78, 5) is 20.0. The zero-order valence-electron chi connectivity index (χ0n) is 23.3. The normalized spacial score (nSPS) is 16.0. The Hall–Kier alpha value is -2.65. The molecule has 1 aliphatic heterocycles. The Labute approximate surface area is 251 Å². The van der Waals surface area contributed by atoms with Crippen molar-refractivity contribution in [1.82, 2.24) is 14.2 Å². The van der Waals surface area contributed by atoms with Crippen molar-refractivity contribution in [2.45, 2.75) is 50.2 Å². The highest BCUT2D eigenvalue weighted by atomic mass is 32.2. The zero-order chi connectivity index (χ0) is 30.7. The van der Waals surface area contributed by atoms with Crippen LogP contribution < -0.4 is 4.74 Å². The monoisotopic (exact) mass is 643 g/mol. The molecule has 42 heavy (non-hydrogen) atoms. The summed E-state index contributed by atoms with van der Waals surface area (Å²) in [5.74, 6) is 0.0508. The lowest BCUT2D eigenvalue weighted by atomic mass is 10.1. The van der Waals surface area contributed by atoms with Crippen LogP contribution in [0.15, 0.2) is 47.4 Å². The van der Waals surface area contributed by atoms with Crippen molar-refractivity contribution in [2.75, 3.05) is 31.9 Å². The number of ether oxygens (including phenoxy) is 1. The third-order valence-corrected chi connectivity index (χ3v) is 11.1. The Morgan fingerprint density at radius 3 is 2.38 bits per heavy atom. The number of sulfonamides is 1. The predicted molar refractivity (Wildman–Crippen MR) is 157 cm³/mol. The number of hydrogen-bond acceptors (Lipinski definition) is 8. The number of piperazine rings is 1. The maximum Gasteiger partial charge on any atom is 0.416 e. The number of thiazole rings is 1. The van der Waals surface area contributed by atoms with Gasteiger partial charge in [0.05, 0.1) is 17.0 Å². The predicted octanol–water partition coefficient (Wildman–Crippen LogP) is 5.75. The summed E-state index contributed by atoms with van der Waals surface area (Å²) < 4.78 is 70.8. The van der Waals surface area contributed by atoms with Gasteiger partial charge in [-0.2, -0.15) is 17.5 Å². The molecule has 1 atom stereocenters. The molecule has 1 aliphatic rings. The third-order valence-electron chi connectivity index (χ3n) is 6.87. The minimum Gasteiger partial charge on any atom is -0.479 e. The smallest absolute Gasteiger partial charge is 0.416 e. The van der Waals surface area contributed by atoms with Gasteiger partial charge in [-0.1, -0.05) is 12.1 Å². The van der Waals surface area contributed by atoms with Crippen LogP contribution in [0.4, 0.5) is 13.2 Å². The van der Waals surface area contributed by atoms with Crippen LogP contribution in [-0.4, -0.2) is 71.7 Å². The molecule has 14 heteroatoms. The van der Waals surface area contributed by atoms with Gasteiger partial charge in [-0.3, -0.25) is 4.90 Å². The first-order valence-corrected chi connectivity index (χ1v) is 16.7. The van der Waals surface area contributed by atoms with E-state index in [-0.39, 0.29) is 5.75 Å². The molecule has 2 heterocycles. The van der Waals surface area contributed by atoms with Crippen molar-refractivity contribution in [3.8, 4) is 16.3 Å². The summed E-state index contributed by atoms with van der Waals surface area (Å²) >= 11 is 2.99. The molecule has 4 rings (SSSR count). The zero-order valence-corrected chi connectivity index (χ0v) is 25.8. The molecule has 0 saturated carbocycles. The van der Waals surface area contributed by atoms with Gasteiger partial charge in [-0.15, -0.1) is 23.1 Å². The molecule has 0 spiro atoms. The molecule has 1 N–H and O–H groups in total. The lowest BCUT2D eigenvalue weighted by Gasteiger charge is -2.33. The van der Waals surface area contributed by atoms with Crippen molar-refractivity contribution in [3.05, 3.63) is 64.2 Å². The van der Waals surface area contributed by atoms with E-state index in [0.717, 1.165) is 33.2 Å². The molecule has 8 nitrogen and oxygen atoms in total. The standard InChI is InChI=1S/C28H32F3N3O5S3/c1-4-42(37,38)34-13-11-33(12-14-34)16-23-25(41-26(32-23)20-5-7-21(8-6-20)28(29,30)31)17-40-22-9-10-24(18(2)15-22)39-19(3)27(35)36/h5-10,15,19H,4,11-14,16-17H2,1-3H3,(H,35,36). The lowest BCUT2D eigenvalue weighted by Crippen LogP contribution is -2.48. The summed E-state index contributed by atoms with van der Waals surface area (Å²) in [6, 6.07) is 10.5. The Morgan fingerprint density at radius 2 is 1.81 bits per heavy atom. The van der Waals surface area contributed by atoms with Crippen LogP contribution >= 0.6 is 23.1 Å². The topological polar surface area (TPSA) is 100 Å². The Morgan fingerprint density at radius 1 is 1.14 bits per heavy atom. The van der Waals surface area contributed by atoms with Crippen molar-refractivity contribution >= 4 is 39.1 Å². The van der Waals surface area contributed by atoms with Gasteiger partial charge < -0.3 is 9.84 Å². The number of carbonyl (C=O) groups is 1. The molecular formula is C28H32F3N3O5S3. The first-order chi connectivity index (χ1) is 19.8. The summed E-state index contributed by atoms with van der Waals surface area (Å²) in [6.07, 6.45) is -5.40. The number of rotatable bonds is 11. The molecule has 0 aliphatic carbocycles. The minimum absolute atomic E-state index is 0.0576. The Bertz CT molecular complexity index is 1500. The number of aromatic nitrogens is 1. The van der Waals surface area contributed by atoms with E-state index < -0.39 is 33.8 Å². The third kappa shape index (κ3) is 8.04. The van der Waals surface area contributed by atoms with E-state index >= 15 is 0 Å². The van der Waals surface area contributed by atoms with E-state index in [4.69, 9.17) is 14.8 Å².